The Morgan fingerprint density at radius 3 is 2.39 bits per heavy atom. The summed E-state index contributed by atoms with van der Waals surface area (Å²) in [6.45, 7) is 12.3. The van der Waals surface area contributed by atoms with Gasteiger partial charge in [0.05, 0.1) is 0 Å². The third-order valence-corrected chi connectivity index (χ3v) is 3.21. The fourth-order valence-electron chi connectivity index (χ4n) is 2.25. The molecule has 90 valence electrons. The molecule has 0 N–H and O–H groups in total. The molecule has 0 aliphatic rings. The molecule has 2 aromatic carbocycles. The van der Waals surface area contributed by atoms with Gasteiger partial charge in [0.25, 0.3) is 0 Å². The van der Waals surface area contributed by atoms with Gasteiger partial charge >= 0.3 is 0 Å². The molecule has 0 aromatic heterocycles. The summed E-state index contributed by atoms with van der Waals surface area (Å²) in [7, 11) is 0. The van der Waals surface area contributed by atoms with Crippen LogP contribution in [0.2, 0.25) is 0 Å². The summed E-state index contributed by atoms with van der Waals surface area (Å²) in [6, 6.07) is 14.7. The summed E-state index contributed by atoms with van der Waals surface area (Å²) in [5.41, 5.74) is 7.08. The van der Waals surface area contributed by atoms with Crippen LogP contribution in [0.4, 0.5) is 0 Å². The zero-order valence-corrected chi connectivity index (χ0v) is 11.0. The molecule has 0 aliphatic carbocycles. The average Bonchev–Trinajstić information content (AvgIpc) is 2.38. The third kappa shape index (κ3) is 2.28. The topological polar surface area (TPSA) is 0 Å². The Morgan fingerprint density at radius 1 is 1.00 bits per heavy atom. The van der Waals surface area contributed by atoms with Crippen molar-refractivity contribution in [3.8, 4) is 0 Å². The highest BCUT2D eigenvalue weighted by molar-refractivity contribution is 5.84. The van der Waals surface area contributed by atoms with E-state index >= 15 is 0 Å². The molecule has 18 heavy (non-hydrogen) atoms. The molecular weight excluding hydrogens is 216 g/mol. The molecule has 0 radical (unpaired) electrons. The second-order valence-electron chi connectivity index (χ2n) is 4.59. The largest absolute Gasteiger partial charge is 0.0984 e. The Labute approximate surface area is 109 Å². The highest BCUT2D eigenvalue weighted by atomic mass is 14.1. The van der Waals surface area contributed by atoms with Crippen molar-refractivity contribution in [1.82, 2.24) is 0 Å². The van der Waals surface area contributed by atoms with Gasteiger partial charge in [-0.2, -0.15) is 0 Å². The van der Waals surface area contributed by atoms with Gasteiger partial charge in [-0.15, -0.1) is 0 Å². The van der Waals surface area contributed by atoms with E-state index in [-0.39, 0.29) is 0 Å². The second kappa shape index (κ2) is 5.05. The Kier molecular flexibility index (Phi) is 3.47. The average molecular weight is 234 g/mol. The summed E-state index contributed by atoms with van der Waals surface area (Å²) in [5, 5.41) is 0. The lowest BCUT2D eigenvalue weighted by Gasteiger charge is -2.13. The molecule has 0 bridgehead atoms. The number of hydrogen-bond acceptors (Lipinski definition) is 0. The normalized spacial score (nSPS) is 10.1. The lowest BCUT2D eigenvalue weighted by molar-refractivity contribution is 1.35. The Balaban J connectivity index is 2.51. The minimum Gasteiger partial charge on any atom is -0.0984 e. The molecule has 0 heteroatoms. The van der Waals surface area contributed by atoms with Gasteiger partial charge in [-0.1, -0.05) is 67.3 Å². The van der Waals surface area contributed by atoms with E-state index in [9.17, 15) is 0 Å². The van der Waals surface area contributed by atoms with E-state index in [4.69, 9.17) is 0 Å². The number of aryl methyl sites for hydroxylation is 2. The summed E-state index contributed by atoms with van der Waals surface area (Å²) in [4.78, 5) is 0. The van der Waals surface area contributed by atoms with Gasteiger partial charge in [-0.25, -0.2) is 0 Å². The van der Waals surface area contributed by atoms with Crippen molar-refractivity contribution in [2.24, 2.45) is 0 Å². The molecule has 2 aromatic rings. The Bertz CT molecular complexity index is 603. The summed E-state index contributed by atoms with van der Waals surface area (Å²) in [5.74, 6) is 0. The van der Waals surface area contributed by atoms with Crippen LogP contribution < -0.4 is 0 Å². The van der Waals surface area contributed by atoms with Crippen LogP contribution in [0.5, 0.6) is 0 Å². The quantitative estimate of drug-likeness (QED) is 0.700. The molecule has 2 rings (SSSR count). The first-order valence-electron chi connectivity index (χ1n) is 6.12. The first-order valence-corrected chi connectivity index (χ1v) is 6.12. The van der Waals surface area contributed by atoms with Crippen LogP contribution in [0.1, 0.15) is 27.8 Å². The van der Waals surface area contributed by atoms with E-state index in [0.717, 1.165) is 16.7 Å². The first kappa shape index (κ1) is 12.4. The fraction of sp³-hybridized carbons (Fsp3) is 0.111. The van der Waals surface area contributed by atoms with Crippen LogP contribution in [0.25, 0.3) is 11.6 Å². The van der Waals surface area contributed by atoms with Crippen LogP contribution in [0.3, 0.4) is 0 Å². The molecule has 0 amide bonds. The molecule has 0 atom stereocenters. The van der Waals surface area contributed by atoms with Gasteiger partial charge in [0.15, 0.2) is 0 Å². The van der Waals surface area contributed by atoms with Crippen molar-refractivity contribution in [2.45, 2.75) is 13.8 Å². The van der Waals surface area contributed by atoms with Gasteiger partial charge in [-0.05, 0) is 41.7 Å². The van der Waals surface area contributed by atoms with E-state index in [2.05, 4.69) is 57.3 Å². The molecule has 0 heterocycles. The molecule has 0 unspecified atom stereocenters. The van der Waals surface area contributed by atoms with Crippen LogP contribution in [0, 0.1) is 13.8 Å². The number of benzene rings is 2. The van der Waals surface area contributed by atoms with E-state index in [1.165, 1.54) is 16.7 Å². The smallest absolute Gasteiger partial charge is 0.0111 e. The van der Waals surface area contributed by atoms with Crippen molar-refractivity contribution in [1.29, 1.82) is 0 Å². The minimum absolute atomic E-state index is 1.06. The lowest BCUT2D eigenvalue weighted by atomic mass is 9.92. The standard InChI is InChI=1S/C18H18/c1-5-16-8-6-7-9-18(16)15(4)17-11-10-13(2)12-14(17)3/h5-12H,1,4H2,2-3H3. The maximum absolute atomic E-state index is 4.25. The number of hydrogen-bond donors (Lipinski definition) is 0. The molecule has 0 saturated heterocycles. The summed E-state index contributed by atoms with van der Waals surface area (Å²) >= 11 is 0. The minimum atomic E-state index is 1.06. The molecule has 0 fully saturated rings. The van der Waals surface area contributed by atoms with E-state index < -0.39 is 0 Å². The molecule has 0 aliphatic heterocycles. The lowest BCUT2D eigenvalue weighted by Crippen LogP contribution is -1.93. The third-order valence-electron chi connectivity index (χ3n) is 3.21. The van der Waals surface area contributed by atoms with E-state index in [1.807, 2.05) is 18.2 Å². The summed E-state index contributed by atoms with van der Waals surface area (Å²) < 4.78 is 0. The van der Waals surface area contributed by atoms with Crippen molar-refractivity contribution < 1.29 is 0 Å². The van der Waals surface area contributed by atoms with Crippen LogP contribution >= 0.6 is 0 Å². The second-order valence-corrected chi connectivity index (χ2v) is 4.59. The van der Waals surface area contributed by atoms with Crippen molar-refractivity contribution in [3.05, 3.63) is 83.4 Å². The highest BCUT2D eigenvalue weighted by Crippen LogP contribution is 2.28. The van der Waals surface area contributed by atoms with Crippen molar-refractivity contribution in [2.75, 3.05) is 0 Å². The van der Waals surface area contributed by atoms with Gasteiger partial charge in [0.2, 0.25) is 0 Å². The predicted molar refractivity (Wildman–Crippen MR) is 80.6 cm³/mol. The molecular formula is C18H18. The van der Waals surface area contributed by atoms with Crippen molar-refractivity contribution in [3.63, 3.8) is 0 Å². The zero-order chi connectivity index (χ0) is 13.1. The Hall–Kier alpha value is -2.08. The van der Waals surface area contributed by atoms with E-state index in [1.54, 1.807) is 0 Å². The molecule has 0 saturated carbocycles. The van der Waals surface area contributed by atoms with Gasteiger partial charge in [0, 0.05) is 0 Å². The Morgan fingerprint density at radius 2 is 1.72 bits per heavy atom. The van der Waals surface area contributed by atoms with Gasteiger partial charge in [-0.3, -0.25) is 0 Å². The maximum atomic E-state index is 4.25. The van der Waals surface area contributed by atoms with Gasteiger partial charge in [0.1, 0.15) is 0 Å². The molecule has 0 spiro atoms. The van der Waals surface area contributed by atoms with Crippen molar-refractivity contribution >= 4 is 11.6 Å². The van der Waals surface area contributed by atoms with E-state index in [0.29, 0.717) is 0 Å². The molecule has 0 nitrogen and oxygen atoms in total. The predicted octanol–water partition coefficient (Wildman–Crippen LogP) is 5.01. The monoisotopic (exact) mass is 234 g/mol. The van der Waals surface area contributed by atoms with Crippen LogP contribution in [-0.4, -0.2) is 0 Å². The maximum Gasteiger partial charge on any atom is -0.0111 e. The SMILES string of the molecule is C=Cc1ccccc1C(=C)c1ccc(C)cc1C. The van der Waals surface area contributed by atoms with Gasteiger partial charge < -0.3 is 0 Å². The summed E-state index contributed by atoms with van der Waals surface area (Å²) in [6.07, 6.45) is 1.88. The highest BCUT2D eigenvalue weighted by Gasteiger charge is 2.08. The van der Waals surface area contributed by atoms with Crippen LogP contribution in [-0.2, 0) is 0 Å². The zero-order valence-electron chi connectivity index (χ0n) is 11.0. The van der Waals surface area contributed by atoms with Crippen LogP contribution in [0.15, 0.2) is 55.6 Å². The first-order chi connectivity index (χ1) is 8.63. The number of rotatable bonds is 3. The fourth-order valence-corrected chi connectivity index (χ4v) is 2.25.